The number of aromatic nitrogens is 1. The lowest BCUT2D eigenvalue weighted by atomic mass is 10.2. The number of nitrogens with zero attached hydrogens (tertiary/aromatic N) is 2. The van der Waals surface area contributed by atoms with Crippen molar-refractivity contribution < 1.29 is 9.90 Å². The molecular weight excluding hydrogens is 360 g/mol. The Labute approximate surface area is 140 Å². The molecule has 1 amide bonds. The number of H-pyrrole nitrogens is 1. The standard InChI is InChI=1S/C16H13BrN4O2/c17-10-5-7-11(8-6-10)18-9-14(22)20-21-15-12-3-1-2-4-13(12)19-16(15)23/h1-8,18-19,23H,9H2. The molecule has 3 aromatic rings. The van der Waals surface area contributed by atoms with Crippen LogP contribution in [0.2, 0.25) is 0 Å². The van der Waals surface area contributed by atoms with Crippen molar-refractivity contribution in [3.05, 3.63) is 53.0 Å². The summed E-state index contributed by atoms with van der Waals surface area (Å²) in [6.45, 7) is 0.0221. The largest absolute Gasteiger partial charge is 0.493 e. The van der Waals surface area contributed by atoms with Crippen LogP contribution in [0.25, 0.3) is 10.9 Å². The summed E-state index contributed by atoms with van der Waals surface area (Å²) in [5.41, 5.74) is 1.81. The number of benzene rings is 2. The number of anilines is 1. The molecule has 0 bridgehead atoms. The number of fused-ring (bicyclic) bond motifs is 1. The molecule has 0 fully saturated rings. The SMILES string of the molecule is O=C(CNc1ccc(Br)cc1)N=Nc1c(O)[nH]c2ccccc12. The van der Waals surface area contributed by atoms with E-state index in [1.54, 1.807) is 6.07 Å². The fourth-order valence-corrected chi connectivity index (χ4v) is 2.37. The van der Waals surface area contributed by atoms with Crippen LogP contribution in [0.5, 0.6) is 5.88 Å². The summed E-state index contributed by atoms with van der Waals surface area (Å²) in [5.74, 6) is -0.541. The van der Waals surface area contributed by atoms with Gasteiger partial charge in [-0.2, -0.15) is 0 Å². The maximum Gasteiger partial charge on any atom is 0.283 e. The van der Waals surface area contributed by atoms with Gasteiger partial charge in [-0.15, -0.1) is 10.2 Å². The topological polar surface area (TPSA) is 89.8 Å². The van der Waals surface area contributed by atoms with E-state index in [-0.39, 0.29) is 18.1 Å². The van der Waals surface area contributed by atoms with E-state index >= 15 is 0 Å². The highest BCUT2D eigenvalue weighted by molar-refractivity contribution is 9.10. The number of amides is 1. The van der Waals surface area contributed by atoms with Crippen LogP contribution in [0.1, 0.15) is 0 Å². The number of aromatic hydroxyl groups is 1. The van der Waals surface area contributed by atoms with Gasteiger partial charge >= 0.3 is 0 Å². The zero-order valence-electron chi connectivity index (χ0n) is 12.0. The third-order valence-corrected chi connectivity index (χ3v) is 3.74. The number of hydrogen-bond donors (Lipinski definition) is 3. The molecule has 3 rings (SSSR count). The highest BCUT2D eigenvalue weighted by Crippen LogP contribution is 2.35. The van der Waals surface area contributed by atoms with Gasteiger partial charge in [0.1, 0.15) is 0 Å². The van der Waals surface area contributed by atoms with Crippen molar-refractivity contribution in [3.63, 3.8) is 0 Å². The summed E-state index contributed by atoms with van der Waals surface area (Å²) in [4.78, 5) is 14.6. The number of azo groups is 1. The van der Waals surface area contributed by atoms with Crippen LogP contribution in [-0.2, 0) is 4.79 Å². The van der Waals surface area contributed by atoms with Crippen molar-refractivity contribution in [2.45, 2.75) is 0 Å². The second-order valence-electron chi connectivity index (χ2n) is 4.82. The molecule has 0 aliphatic rings. The molecule has 6 nitrogen and oxygen atoms in total. The van der Waals surface area contributed by atoms with Gasteiger partial charge < -0.3 is 15.4 Å². The maximum atomic E-state index is 11.8. The van der Waals surface area contributed by atoms with Crippen molar-refractivity contribution >= 4 is 44.1 Å². The number of rotatable bonds is 4. The number of hydrogen-bond acceptors (Lipinski definition) is 4. The lowest BCUT2D eigenvalue weighted by molar-refractivity contribution is -0.116. The van der Waals surface area contributed by atoms with Crippen molar-refractivity contribution in [1.82, 2.24) is 4.98 Å². The van der Waals surface area contributed by atoms with E-state index in [1.165, 1.54) is 0 Å². The molecule has 3 N–H and O–H groups in total. The average molecular weight is 373 g/mol. The summed E-state index contributed by atoms with van der Waals surface area (Å²) < 4.78 is 0.962. The highest BCUT2D eigenvalue weighted by Gasteiger charge is 2.10. The predicted octanol–water partition coefficient (Wildman–Crippen LogP) is 4.36. The van der Waals surface area contributed by atoms with Crippen LogP contribution in [0.4, 0.5) is 11.4 Å². The van der Waals surface area contributed by atoms with Gasteiger partial charge in [0.2, 0.25) is 5.88 Å². The van der Waals surface area contributed by atoms with Gasteiger partial charge in [0.25, 0.3) is 5.91 Å². The van der Waals surface area contributed by atoms with Crippen LogP contribution in [0, 0.1) is 0 Å². The Morgan fingerprint density at radius 1 is 1.17 bits per heavy atom. The van der Waals surface area contributed by atoms with Crippen LogP contribution in [0.3, 0.4) is 0 Å². The molecule has 0 unspecified atom stereocenters. The molecule has 1 aromatic heterocycles. The molecule has 116 valence electrons. The van der Waals surface area contributed by atoms with Crippen molar-refractivity contribution in [1.29, 1.82) is 0 Å². The third-order valence-electron chi connectivity index (χ3n) is 3.21. The smallest absolute Gasteiger partial charge is 0.283 e. The Hall–Kier alpha value is -2.67. The first-order chi connectivity index (χ1) is 11.1. The molecule has 0 atom stereocenters. The Kier molecular flexibility index (Phi) is 4.38. The number of para-hydroxylation sites is 1. The number of carbonyl (C=O) groups is 1. The summed E-state index contributed by atoms with van der Waals surface area (Å²) in [7, 11) is 0. The molecule has 7 heteroatoms. The van der Waals surface area contributed by atoms with Crippen LogP contribution >= 0.6 is 15.9 Å². The molecule has 23 heavy (non-hydrogen) atoms. The first kappa shape index (κ1) is 15.2. The quantitative estimate of drug-likeness (QED) is 0.594. The molecule has 2 aromatic carbocycles. The third kappa shape index (κ3) is 3.57. The lowest BCUT2D eigenvalue weighted by Gasteiger charge is -2.02. The molecule has 0 saturated carbocycles. The van der Waals surface area contributed by atoms with E-state index < -0.39 is 5.91 Å². The first-order valence-corrected chi connectivity index (χ1v) is 7.66. The van der Waals surface area contributed by atoms with Crippen molar-refractivity contribution in [3.8, 4) is 5.88 Å². The van der Waals surface area contributed by atoms with Crippen molar-refractivity contribution in [2.24, 2.45) is 10.2 Å². The van der Waals surface area contributed by atoms with Crippen LogP contribution in [-0.4, -0.2) is 22.5 Å². The van der Waals surface area contributed by atoms with E-state index in [9.17, 15) is 9.90 Å². The predicted molar refractivity (Wildman–Crippen MR) is 92.1 cm³/mol. The fourth-order valence-electron chi connectivity index (χ4n) is 2.10. The Balaban J connectivity index is 1.68. The van der Waals surface area contributed by atoms with Crippen molar-refractivity contribution in [2.75, 3.05) is 11.9 Å². The maximum absolute atomic E-state index is 11.8. The van der Waals surface area contributed by atoms with Crippen LogP contribution in [0.15, 0.2) is 63.2 Å². The number of halogens is 1. The first-order valence-electron chi connectivity index (χ1n) is 6.87. The molecular formula is C16H13BrN4O2. The molecule has 0 spiro atoms. The van der Waals surface area contributed by atoms with Gasteiger partial charge in [-0.25, -0.2) is 0 Å². The van der Waals surface area contributed by atoms with E-state index in [0.717, 1.165) is 15.7 Å². The Morgan fingerprint density at radius 3 is 2.70 bits per heavy atom. The summed E-state index contributed by atoms with van der Waals surface area (Å²) >= 11 is 3.34. The van der Waals surface area contributed by atoms with Gasteiger partial charge in [0.15, 0.2) is 5.69 Å². The molecule has 1 heterocycles. The summed E-state index contributed by atoms with van der Waals surface area (Å²) in [6, 6.07) is 14.7. The Morgan fingerprint density at radius 2 is 1.91 bits per heavy atom. The minimum atomic E-state index is -0.433. The molecule has 0 aliphatic heterocycles. The minimum absolute atomic E-state index is 0.0221. The number of nitrogens with one attached hydrogen (secondary N) is 2. The Bertz CT molecular complexity index is 871. The van der Waals surface area contributed by atoms with Gasteiger partial charge in [-0.3, -0.25) is 4.79 Å². The summed E-state index contributed by atoms with van der Waals surface area (Å²) in [5, 5.41) is 21.0. The van der Waals surface area contributed by atoms with E-state index in [0.29, 0.717) is 5.39 Å². The van der Waals surface area contributed by atoms with E-state index in [1.807, 2.05) is 42.5 Å². The average Bonchev–Trinajstić information content (AvgIpc) is 2.87. The van der Waals surface area contributed by atoms with Gasteiger partial charge in [-0.1, -0.05) is 34.1 Å². The monoisotopic (exact) mass is 372 g/mol. The van der Waals surface area contributed by atoms with Gasteiger partial charge in [0, 0.05) is 15.5 Å². The molecule has 0 saturated heterocycles. The zero-order chi connectivity index (χ0) is 16.2. The second kappa shape index (κ2) is 6.62. The van der Waals surface area contributed by atoms with E-state index in [2.05, 4.69) is 36.5 Å². The number of aromatic amines is 1. The number of carbonyl (C=O) groups excluding carboxylic acids is 1. The highest BCUT2D eigenvalue weighted by atomic mass is 79.9. The lowest BCUT2D eigenvalue weighted by Crippen LogP contribution is -2.10. The van der Waals surface area contributed by atoms with E-state index in [4.69, 9.17) is 0 Å². The summed E-state index contributed by atoms with van der Waals surface area (Å²) in [6.07, 6.45) is 0. The second-order valence-corrected chi connectivity index (χ2v) is 5.74. The van der Waals surface area contributed by atoms with Gasteiger partial charge in [0.05, 0.1) is 12.1 Å². The molecule has 0 aliphatic carbocycles. The zero-order valence-corrected chi connectivity index (χ0v) is 13.5. The molecule has 0 radical (unpaired) electrons. The normalized spacial score (nSPS) is 11.2. The van der Waals surface area contributed by atoms with Crippen LogP contribution < -0.4 is 5.32 Å². The van der Waals surface area contributed by atoms with Gasteiger partial charge in [-0.05, 0) is 30.3 Å². The minimum Gasteiger partial charge on any atom is -0.493 e. The fraction of sp³-hybridized carbons (Fsp3) is 0.0625.